The van der Waals surface area contributed by atoms with Crippen LogP contribution in [0.2, 0.25) is 0 Å². The maximum atomic E-state index is 9.02. The third-order valence-corrected chi connectivity index (χ3v) is 3.14. The largest absolute Gasteiger partial charge is 0.396 e. The predicted molar refractivity (Wildman–Crippen MR) is 52.7 cm³/mol. The first-order valence-electron chi connectivity index (χ1n) is 5.13. The molecular formula is C10H21NO2. The van der Waals surface area contributed by atoms with Crippen LogP contribution in [0.1, 0.15) is 25.7 Å². The van der Waals surface area contributed by atoms with Crippen molar-refractivity contribution in [3.8, 4) is 0 Å². The van der Waals surface area contributed by atoms with Crippen molar-refractivity contribution in [1.82, 2.24) is 5.32 Å². The summed E-state index contributed by atoms with van der Waals surface area (Å²) in [4.78, 5) is 0. The highest BCUT2D eigenvalue weighted by molar-refractivity contribution is 4.84. The third kappa shape index (κ3) is 3.25. The van der Waals surface area contributed by atoms with E-state index in [9.17, 15) is 0 Å². The highest BCUT2D eigenvalue weighted by Gasteiger charge is 2.30. The summed E-state index contributed by atoms with van der Waals surface area (Å²) in [6.07, 6.45) is 4.37. The summed E-state index contributed by atoms with van der Waals surface area (Å²) in [6, 6.07) is 0. The van der Waals surface area contributed by atoms with Crippen molar-refractivity contribution in [3.05, 3.63) is 0 Å². The van der Waals surface area contributed by atoms with Gasteiger partial charge in [-0.05, 0) is 44.2 Å². The van der Waals surface area contributed by atoms with Gasteiger partial charge in [-0.15, -0.1) is 0 Å². The Morgan fingerprint density at radius 1 is 1.31 bits per heavy atom. The van der Waals surface area contributed by atoms with Crippen LogP contribution >= 0.6 is 0 Å². The van der Waals surface area contributed by atoms with E-state index >= 15 is 0 Å². The summed E-state index contributed by atoms with van der Waals surface area (Å²) in [5.41, 5.74) is 0.343. The summed E-state index contributed by atoms with van der Waals surface area (Å²) in [5.74, 6) is 0. The normalized spacial score (nSPS) is 21.7. The van der Waals surface area contributed by atoms with Gasteiger partial charge in [-0.1, -0.05) is 0 Å². The van der Waals surface area contributed by atoms with Crippen LogP contribution in [0.25, 0.3) is 0 Å². The van der Waals surface area contributed by atoms with Gasteiger partial charge in [0.15, 0.2) is 0 Å². The Balaban J connectivity index is 2.40. The lowest BCUT2D eigenvalue weighted by Crippen LogP contribution is -2.38. The van der Waals surface area contributed by atoms with E-state index in [2.05, 4.69) is 5.32 Å². The summed E-state index contributed by atoms with van der Waals surface area (Å²) in [7, 11) is 1.74. The van der Waals surface area contributed by atoms with Crippen LogP contribution < -0.4 is 5.32 Å². The van der Waals surface area contributed by atoms with Crippen LogP contribution in [0.15, 0.2) is 0 Å². The Bertz CT molecular complexity index is 127. The van der Waals surface area contributed by atoms with E-state index in [-0.39, 0.29) is 0 Å². The molecule has 0 spiro atoms. The van der Waals surface area contributed by atoms with Crippen LogP contribution in [0, 0.1) is 5.41 Å². The van der Waals surface area contributed by atoms with Gasteiger partial charge >= 0.3 is 0 Å². The highest BCUT2D eigenvalue weighted by atomic mass is 16.5. The number of hydrogen-bond acceptors (Lipinski definition) is 3. The molecule has 3 heteroatoms. The second-order valence-electron chi connectivity index (χ2n) is 3.97. The van der Waals surface area contributed by atoms with E-state index in [1.807, 2.05) is 0 Å². The van der Waals surface area contributed by atoms with Crippen molar-refractivity contribution in [2.24, 2.45) is 5.41 Å². The number of aliphatic hydroxyl groups excluding tert-OH is 1. The first-order valence-corrected chi connectivity index (χ1v) is 5.13. The first kappa shape index (κ1) is 11.0. The fraction of sp³-hybridized carbons (Fsp3) is 1.00. The molecule has 1 heterocycles. The average Bonchev–Trinajstić information content (AvgIpc) is 2.17. The van der Waals surface area contributed by atoms with Crippen molar-refractivity contribution < 1.29 is 9.84 Å². The Labute approximate surface area is 80.5 Å². The molecular weight excluding hydrogens is 166 g/mol. The number of piperidine rings is 1. The molecule has 0 saturated carbocycles. The maximum Gasteiger partial charge on any atom is 0.0467 e. The van der Waals surface area contributed by atoms with Crippen molar-refractivity contribution in [1.29, 1.82) is 0 Å². The number of hydrogen-bond donors (Lipinski definition) is 2. The minimum atomic E-state index is 0.309. The van der Waals surface area contributed by atoms with Crippen LogP contribution in [0.4, 0.5) is 0 Å². The molecule has 0 aliphatic carbocycles. The van der Waals surface area contributed by atoms with Gasteiger partial charge in [0.05, 0.1) is 0 Å². The summed E-state index contributed by atoms with van der Waals surface area (Å²) in [6.45, 7) is 3.30. The number of methoxy groups -OCH3 is 1. The van der Waals surface area contributed by atoms with E-state index < -0.39 is 0 Å². The van der Waals surface area contributed by atoms with Crippen molar-refractivity contribution >= 4 is 0 Å². The summed E-state index contributed by atoms with van der Waals surface area (Å²) < 4.78 is 5.11. The molecule has 0 aromatic heterocycles. The standard InChI is InChI=1S/C10H21NO2/c1-13-9-5-10(4-8-12)2-6-11-7-3-10/h11-12H,2-9H2,1H3. The SMILES string of the molecule is COCCC1(CCO)CCNCC1. The van der Waals surface area contributed by atoms with Gasteiger partial charge in [-0.3, -0.25) is 0 Å². The molecule has 0 bridgehead atoms. The van der Waals surface area contributed by atoms with Crippen LogP contribution in [-0.4, -0.2) is 38.5 Å². The topological polar surface area (TPSA) is 41.5 Å². The Hall–Kier alpha value is -0.120. The van der Waals surface area contributed by atoms with Crippen LogP contribution in [0.5, 0.6) is 0 Å². The van der Waals surface area contributed by atoms with Gasteiger partial charge in [0.1, 0.15) is 0 Å². The van der Waals surface area contributed by atoms with Crippen LogP contribution in [-0.2, 0) is 4.74 Å². The molecule has 1 fully saturated rings. The minimum Gasteiger partial charge on any atom is -0.396 e. The molecule has 13 heavy (non-hydrogen) atoms. The molecule has 0 atom stereocenters. The maximum absolute atomic E-state index is 9.02. The minimum absolute atomic E-state index is 0.309. The van der Waals surface area contributed by atoms with Gasteiger partial charge in [-0.25, -0.2) is 0 Å². The second-order valence-corrected chi connectivity index (χ2v) is 3.97. The third-order valence-electron chi connectivity index (χ3n) is 3.14. The molecule has 0 aromatic carbocycles. The molecule has 1 saturated heterocycles. The average molecular weight is 187 g/mol. The fourth-order valence-corrected chi connectivity index (χ4v) is 2.14. The zero-order chi connectivity index (χ0) is 9.57. The second kappa shape index (κ2) is 5.58. The van der Waals surface area contributed by atoms with Crippen molar-refractivity contribution in [2.45, 2.75) is 25.7 Å². The number of aliphatic hydroxyl groups is 1. The van der Waals surface area contributed by atoms with E-state index in [4.69, 9.17) is 9.84 Å². The van der Waals surface area contributed by atoms with Crippen LogP contribution in [0.3, 0.4) is 0 Å². The Morgan fingerprint density at radius 2 is 2.00 bits per heavy atom. The molecule has 2 N–H and O–H groups in total. The van der Waals surface area contributed by atoms with Gasteiger partial charge in [0, 0.05) is 20.3 Å². The highest BCUT2D eigenvalue weighted by Crippen LogP contribution is 2.35. The van der Waals surface area contributed by atoms with Crippen molar-refractivity contribution in [2.75, 3.05) is 33.4 Å². The lowest BCUT2D eigenvalue weighted by atomic mass is 9.74. The van der Waals surface area contributed by atoms with Gasteiger partial charge in [0.2, 0.25) is 0 Å². The van der Waals surface area contributed by atoms with E-state index in [0.29, 0.717) is 12.0 Å². The quantitative estimate of drug-likeness (QED) is 0.668. The lowest BCUT2D eigenvalue weighted by molar-refractivity contribution is 0.0819. The van der Waals surface area contributed by atoms with Gasteiger partial charge in [0.25, 0.3) is 0 Å². The number of nitrogens with one attached hydrogen (secondary N) is 1. The molecule has 1 rings (SSSR count). The monoisotopic (exact) mass is 187 g/mol. The van der Waals surface area contributed by atoms with E-state index in [1.54, 1.807) is 7.11 Å². The Morgan fingerprint density at radius 3 is 2.54 bits per heavy atom. The van der Waals surface area contributed by atoms with E-state index in [1.165, 1.54) is 12.8 Å². The number of rotatable bonds is 5. The molecule has 3 nitrogen and oxygen atoms in total. The van der Waals surface area contributed by atoms with Gasteiger partial charge in [-0.2, -0.15) is 0 Å². The lowest BCUT2D eigenvalue weighted by Gasteiger charge is -2.37. The molecule has 78 valence electrons. The Kier molecular flexibility index (Phi) is 4.70. The molecule has 1 aliphatic rings. The first-order chi connectivity index (χ1) is 6.33. The molecule has 1 aliphatic heterocycles. The van der Waals surface area contributed by atoms with E-state index in [0.717, 1.165) is 32.5 Å². The zero-order valence-electron chi connectivity index (χ0n) is 8.51. The molecule has 0 unspecified atom stereocenters. The smallest absolute Gasteiger partial charge is 0.0467 e. The predicted octanol–water partition coefficient (Wildman–Crippen LogP) is 0.775. The molecule has 0 amide bonds. The van der Waals surface area contributed by atoms with Gasteiger partial charge < -0.3 is 15.2 Å². The zero-order valence-corrected chi connectivity index (χ0v) is 8.51. The summed E-state index contributed by atoms with van der Waals surface area (Å²) in [5, 5.41) is 12.4. The molecule has 0 radical (unpaired) electrons. The molecule has 0 aromatic rings. The summed E-state index contributed by atoms with van der Waals surface area (Å²) >= 11 is 0. The number of ether oxygens (including phenoxy) is 1. The fourth-order valence-electron chi connectivity index (χ4n) is 2.14. The van der Waals surface area contributed by atoms with Crippen molar-refractivity contribution in [3.63, 3.8) is 0 Å².